The molecule has 0 amide bonds. The summed E-state index contributed by atoms with van der Waals surface area (Å²) in [6, 6.07) is 2.36. The quantitative estimate of drug-likeness (QED) is 0.609. The average molecular weight is 318 g/mol. The van der Waals surface area contributed by atoms with Crippen LogP contribution < -0.4 is 5.30 Å². The molecule has 1 unspecified atom stereocenters. The maximum atomic E-state index is 14.2. The van der Waals surface area contributed by atoms with E-state index in [1.165, 1.54) is 6.07 Å². The van der Waals surface area contributed by atoms with Gasteiger partial charge in [0.15, 0.2) is 0 Å². The maximum Gasteiger partial charge on any atom is 0.135 e. The first-order valence-electron chi connectivity index (χ1n) is 6.75. The van der Waals surface area contributed by atoms with Crippen LogP contribution in [0.4, 0.5) is 8.78 Å². The summed E-state index contributed by atoms with van der Waals surface area (Å²) >= 11 is 0. The van der Waals surface area contributed by atoms with Crippen molar-refractivity contribution in [3.8, 4) is 11.3 Å². The van der Waals surface area contributed by atoms with Crippen LogP contribution in [0.1, 0.15) is 12.5 Å². The highest BCUT2D eigenvalue weighted by molar-refractivity contribution is 7.27. The maximum absolute atomic E-state index is 14.2. The molecule has 0 N–H and O–H groups in total. The van der Waals surface area contributed by atoms with Crippen LogP contribution in [0.3, 0.4) is 0 Å². The molecule has 0 saturated heterocycles. The van der Waals surface area contributed by atoms with E-state index in [1.807, 2.05) is 26.0 Å². The van der Waals surface area contributed by atoms with Crippen LogP contribution in [0, 0.1) is 18.6 Å². The fourth-order valence-corrected chi connectivity index (χ4v) is 2.44. The molecule has 5 heteroatoms. The van der Waals surface area contributed by atoms with E-state index in [-0.39, 0.29) is 0 Å². The molecule has 114 valence electrons. The molecule has 0 fully saturated rings. The zero-order chi connectivity index (χ0) is 16.3. The molecule has 2 aromatic rings. The summed E-state index contributed by atoms with van der Waals surface area (Å²) < 4.78 is 29.3. The van der Waals surface area contributed by atoms with Crippen molar-refractivity contribution >= 4 is 20.2 Å². The molecule has 0 spiro atoms. The number of allylic oxidation sites excluding steroid dienone is 5. The Kier molecular flexibility index (Phi) is 5.04. The summed E-state index contributed by atoms with van der Waals surface area (Å²) in [6.07, 6.45) is 8.77. The normalized spacial score (nSPS) is 12.1. The van der Waals surface area contributed by atoms with Gasteiger partial charge in [-0.2, -0.15) is 5.10 Å². The predicted octanol–water partition coefficient (Wildman–Crippen LogP) is 4.24. The van der Waals surface area contributed by atoms with Crippen molar-refractivity contribution in [2.24, 2.45) is 0 Å². The third kappa shape index (κ3) is 3.07. The molecule has 0 aliphatic heterocycles. The molecular weight excluding hydrogens is 301 g/mol. The van der Waals surface area contributed by atoms with Crippen LogP contribution in [-0.2, 0) is 0 Å². The Balaban J connectivity index is 2.72. The average Bonchev–Trinajstić information content (AvgIpc) is 2.84. The Morgan fingerprint density at radius 1 is 1.32 bits per heavy atom. The lowest BCUT2D eigenvalue weighted by Gasteiger charge is -2.11. The summed E-state index contributed by atoms with van der Waals surface area (Å²) in [6.45, 7) is 7.40. The number of rotatable bonds is 4. The van der Waals surface area contributed by atoms with Crippen LogP contribution in [0.2, 0.25) is 0 Å². The number of aryl methyl sites for hydroxylation is 1. The third-order valence-electron chi connectivity index (χ3n) is 3.16. The molecule has 2 rings (SSSR count). The lowest BCUT2D eigenvalue weighted by Crippen LogP contribution is -2.06. The van der Waals surface area contributed by atoms with Crippen molar-refractivity contribution < 1.29 is 8.78 Å². The van der Waals surface area contributed by atoms with Gasteiger partial charge in [0.25, 0.3) is 0 Å². The van der Waals surface area contributed by atoms with Gasteiger partial charge >= 0.3 is 0 Å². The van der Waals surface area contributed by atoms with E-state index < -0.39 is 11.6 Å². The van der Waals surface area contributed by atoms with Crippen LogP contribution in [0.5, 0.6) is 0 Å². The first kappa shape index (κ1) is 16.3. The monoisotopic (exact) mass is 318 g/mol. The van der Waals surface area contributed by atoms with E-state index in [4.69, 9.17) is 0 Å². The lowest BCUT2D eigenvalue weighted by atomic mass is 10.1. The fourth-order valence-electron chi connectivity index (χ4n) is 2.19. The fraction of sp³-hybridized carbons (Fsp3) is 0.118. The van der Waals surface area contributed by atoms with Crippen molar-refractivity contribution in [2.75, 3.05) is 0 Å². The second-order valence-electron chi connectivity index (χ2n) is 4.77. The Morgan fingerprint density at radius 2 is 2.05 bits per heavy atom. The van der Waals surface area contributed by atoms with Gasteiger partial charge in [0.2, 0.25) is 0 Å². The zero-order valence-corrected chi connectivity index (χ0v) is 13.6. The van der Waals surface area contributed by atoms with E-state index in [0.29, 0.717) is 16.6 Å². The van der Waals surface area contributed by atoms with Crippen LogP contribution in [-0.4, -0.2) is 9.78 Å². The van der Waals surface area contributed by atoms with Gasteiger partial charge in [-0.1, -0.05) is 18.7 Å². The Morgan fingerprint density at radius 3 is 2.68 bits per heavy atom. The summed E-state index contributed by atoms with van der Waals surface area (Å²) in [4.78, 5) is 0. The molecule has 0 saturated carbocycles. The summed E-state index contributed by atoms with van der Waals surface area (Å²) in [5, 5.41) is 4.61. The van der Waals surface area contributed by atoms with E-state index in [1.54, 1.807) is 23.0 Å². The molecule has 1 atom stereocenters. The highest BCUT2D eigenvalue weighted by atomic mass is 31.0. The van der Waals surface area contributed by atoms with Gasteiger partial charge in [0.1, 0.15) is 11.6 Å². The second-order valence-corrected chi connectivity index (χ2v) is 5.39. The summed E-state index contributed by atoms with van der Waals surface area (Å²) in [7, 11) is 2.27. The first-order valence-corrected chi connectivity index (χ1v) is 7.32. The molecule has 2 nitrogen and oxygen atoms in total. The molecular formula is C17H17F2N2P. The first-order chi connectivity index (χ1) is 10.5. The second kappa shape index (κ2) is 6.80. The molecule has 1 aromatic heterocycles. The Hall–Kier alpha value is -2.06. The van der Waals surface area contributed by atoms with E-state index in [9.17, 15) is 8.78 Å². The molecule has 1 aromatic carbocycles. The number of nitrogens with zero attached hydrogens (tertiary/aromatic N) is 2. The van der Waals surface area contributed by atoms with Gasteiger partial charge in [-0.15, -0.1) is 9.24 Å². The SMILES string of the molecule is C=C/C=C(\C=C/C)n1ncc(C)c1-c1cc(P)c(F)cc1F. The predicted molar refractivity (Wildman–Crippen MR) is 90.9 cm³/mol. The van der Waals surface area contributed by atoms with Gasteiger partial charge in [0.05, 0.1) is 17.6 Å². The third-order valence-corrected chi connectivity index (χ3v) is 3.61. The Labute approximate surface area is 131 Å². The highest BCUT2D eigenvalue weighted by Gasteiger charge is 2.17. The molecule has 22 heavy (non-hydrogen) atoms. The van der Waals surface area contributed by atoms with Crippen LogP contribution in [0.25, 0.3) is 17.0 Å². The minimum atomic E-state index is -0.619. The van der Waals surface area contributed by atoms with Gasteiger partial charge < -0.3 is 0 Å². The van der Waals surface area contributed by atoms with Crippen molar-refractivity contribution in [3.63, 3.8) is 0 Å². The minimum absolute atomic E-state index is 0.306. The molecule has 1 heterocycles. The van der Waals surface area contributed by atoms with Crippen LogP contribution >= 0.6 is 9.24 Å². The highest BCUT2D eigenvalue weighted by Crippen LogP contribution is 2.29. The zero-order valence-electron chi connectivity index (χ0n) is 12.5. The lowest BCUT2D eigenvalue weighted by molar-refractivity contribution is 0.590. The molecule has 0 aliphatic carbocycles. The molecule has 0 bridgehead atoms. The van der Waals surface area contributed by atoms with Gasteiger partial charge in [0, 0.05) is 16.9 Å². The van der Waals surface area contributed by atoms with Gasteiger partial charge in [-0.25, -0.2) is 13.5 Å². The van der Waals surface area contributed by atoms with Gasteiger partial charge in [-0.05, 0) is 37.6 Å². The Bertz CT molecular complexity index is 773. The summed E-state index contributed by atoms with van der Waals surface area (Å²) in [5.74, 6) is -1.21. The summed E-state index contributed by atoms with van der Waals surface area (Å²) in [5.41, 5.74) is 2.44. The van der Waals surface area contributed by atoms with E-state index in [2.05, 4.69) is 20.9 Å². The van der Waals surface area contributed by atoms with Crippen molar-refractivity contribution in [2.45, 2.75) is 13.8 Å². The standard InChI is InChI=1S/C17H17F2N2P/c1-4-6-12(7-5-2)21-17(11(3)10-20-21)13-8-16(22)15(19)9-14(13)18/h4-10H,1,22H2,2-3H3/b7-5-,12-6+. The number of hydrogen-bond donors (Lipinski definition) is 0. The number of halogens is 2. The number of aromatic nitrogens is 2. The number of hydrogen-bond acceptors (Lipinski definition) is 1. The molecule has 0 radical (unpaired) electrons. The topological polar surface area (TPSA) is 17.8 Å². The van der Waals surface area contributed by atoms with Crippen LogP contribution in [0.15, 0.2) is 49.2 Å². The minimum Gasteiger partial charge on any atom is -0.233 e. The van der Waals surface area contributed by atoms with E-state index >= 15 is 0 Å². The van der Waals surface area contributed by atoms with E-state index in [0.717, 1.165) is 17.3 Å². The molecule has 0 aliphatic rings. The largest absolute Gasteiger partial charge is 0.233 e. The van der Waals surface area contributed by atoms with Crippen molar-refractivity contribution in [3.05, 3.63) is 66.4 Å². The van der Waals surface area contributed by atoms with Crippen molar-refractivity contribution in [1.82, 2.24) is 9.78 Å². The number of benzene rings is 1. The smallest absolute Gasteiger partial charge is 0.135 e. The van der Waals surface area contributed by atoms with Gasteiger partial charge in [-0.3, -0.25) is 0 Å². The van der Waals surface area contributed by atoms with Crippen molar-refractivity contribution in [1.29, 1.82) is 0 Å².